The van der Waals surface area contributed by atoms with E-state index in [1.165, 1.54) is 4.88 Å². The van der Waals surface area contributed by atoms with Crippen LogP contribution in [0, 0.1) is 6.92 Å². The molecular weight excluding hydrogens is 234 g/mol. The summed E-state index contributed by atoms with van der Waals surface area (Å²) in [6.45, 7) is 10.9. The fourth-order valence-electron chi connectivity index (χ4n) is 1.95. The molecule has 1 saturated heterocycles. The molecule has 0 amide bonds. The van der Waals surface area contributed by atoms with E-state index in [1.54, 1.807) is 11.3 Å². The highest BCUT2D eigenvalue weighted by atomic mass is 32.1. The maximum atomic E-state index is 5.46. The van der Waals surface area contributed by atoms with Crippen molar-refractivity contribution in [3.05, 3.63) is 10.6 Å². The van der Waals surface area contributed by atoms with Gasteiger partial charge in [0.1, 0.15) is 0 Å². The van der Waals surface area contributed by atoms with Gasteiger partial charge in [0.2, 0.25) is 0 Å². The molecule has 1 unspecified atom stereocenters. The molecule has 0 bridgehead atoms. The predicted molar refractivity (Wildman–Crippen MR) is 71.9 cm³/mol. The number of rotatable bonds is 4. The summed E-state index contributed by atoms with van der Waals surface area (Å²) in [5, 5.41) is 4.50. The van der Waals surface area contributed by atoms with Gasteiger partial charge in [0.25, 0.3) is 0 Å². The van der Waals surface area contributed by atoms with Crippen LogP contribution >= 0.6 is 11.3 Å². The average molecular weight is 255 g/mol. The van der Waals surface area contributed by atoms with Crippen LogP contribution in [0.4, 0.5) is 5.13 Å². The predicted octanol–water partition coefficient (Wildman–Crippen LogP) is 1.79. The molecule has 5 heteroatoms. The molecule has 1 aromatic rings. The van der Waals surface area contributed by atoms with Crippen molar-refractivity contribution < 1.29 is 4.74 Å². The van der Waals surface area contributed by atoms with Gasteiger partial charge in [-0.1, -0.05) is 6.92 Å². The van der Waals surface area contributed by atoms with Gasteiger partial charge in [0.05, 0.1) is 24.9 Å². The topological polar surface area (TPSA) is 37.4 Å². The van der Waals surface area contributed by atoms with Gasteiger partial charge in [0.15, 0.2) is 5.13 Å². The van der Waals surface area contributed by atoms with Gasteiger partial charge in [-0.2, -0.15) is 0 Å². The third kappa shape index (κ3) is 2.97. The number of aromatic nitrogens is 1. The molecule has 0 spiro atoms. The maximum Gasteiger partial charge on any atom is 0.186 e. The molecule has 2 heterocycles. The van der Waals surface area contributed by atoms with Crippen molar-refractivity contribution in [3.8, 4) is 0 Å². The number of hydrogen-bond donors (Lipinski definition) is 1. The van der Waals surface area contributed by atoms with Crippen molar-refractivity contribution in [2.45, 2.75) is 33.4 Å². The van der Waals surface area contributed by atoms with E-state index in [4.69, 9.17) is 4.74 Å². The highest BCUT2D eigenvalue weighted by Crippen LogP contribution is 2.28. The van der Waals surface area contributed by atoms with Crippen molar-refractivity contribution >= 4 is 16.5 Å². The van der Waals surface area contributed by atoms with Crippen LogP contribution in [0.15, 0.2) is 0 Å². The summed E-state index contributed by atoms with van der Waals surface area (Å²) in [6.07, 6.45) is 0. The Bertz CT molecular complexity index is 367. The van der Waals surface area contributed by atoms with E-state index in [1.807, 2.05) is 0 Å². The first-order chi connectivity index (χ1) is 8.22. The number of nitrogens with zero attached hydrogens (tertiary/aromatic N) is 2. The monoisotopic (exact) mass is 255 g/mol. The third-order valence-electron chi connectivity index (χ3n) is 3.03. The number of thiazole rings is 1. The van der Waals surface area contributed by atoms with E-state index in [9.17, 15) is 0 Å². The van der Waals surface area contributed by atoms with Gasteiger partial charge in [0, 0.05) is 18.0 Å². The zero-order valence-corrected chi connectivity index (χ0v) is 11.6. The number of ether oxygens (including phenoxy) is 1. The molecule has 1 aromatic heterocycles. The van der Waals surface area contributed by atoms with Gasteiger partial charge in [-0.15, -0.1) is 11.3 Å². The lowest BCUT2D eigenvalue weighted by molar-refractivity contribution is 0.0989. The minimum absolute atomic E-state index is 0.432. The van der Waals surface area contributed by atoms with Gasteiger partial charge in [-0.25, -0.2) is 4.98 Å². The summed E-state index contributed by atoms with van der Waals surface area (Å²) >= 11 is 1.81. The van der Waals surface area contributed by atoms with E-state index in [0.29, 0.717) is 6.04 Å². The Kier molecular flexibility index (Phi) is 4.36. The number of hydrogen-bond acceptors (Lipinski definition) is 5. The van der Waals surface area contributed by atoms with Gasteiger partial charge in [-0.05, 0) is 20.4 Å². The molecule has 96 valence electrons. The van der Waals surface area contributed by atoms with Crippen LogP contribution in [-0.4, -0.2) is 37.3 Å². The van der Waals surface area contributed by atoms with Gasteiger partial charge in [-0.3, -0.25) is 0 Å². The Morgan fingerprint density at radius 3 is 3.12 bits per heavy atom. The Morgan fingerprint density at radius 1 is 1.59 bits per heavy atom. The molecule has 1 aliphatic rings. The molecule has 0 saturated carbocycles. The first-order valence-corrected chi connectivity index (χ1v) is 7.05. The molecule has 0 aliphatic carbocycles. The standard InChI is InChI=1S/C12H21N3OS/c1-4-13-7-11-10(3)14-12(17-11)15-5-6-16-8-9(15)2/h9,13H,4-8H2,1-3H3. The average Bonchev–Trinajstić information content (AvgIpc) is 2.68. The minimum Gasteiger partial charge on any atom is -0.377 e. The Morgan fingerprint density at radius 2 is 2.41 bits per heavy atom. The van der Waals surface area contributed by atoms with Gasteiger partial charge >= 0.3 is 0 Å². The van der Waals surface area contributed by atoms with E-state index < -0.39 is 0 Å². The van der Waals surface area contributed by atoms with E-state index in [0.717, 1.165) is 43.7 Å². The molecule has 0 aromatic carbocycles. The third-order valence-corrected chi connectivity index (χ3v) is 4.22. The van der Waals surface area contributed by atoms with Crippen molar-refractivity contribution in [3.63, 3.8) is 0 Å². The molecule has 4 nitrogen and oxygen atoms in total. The van der Waals surface area contributed by atoms with E-state index in [2.05, 4.69) is 36.0 Å². The second-order valence-electron chi connectivity index (χ2n) is 4.40. The lowest BCUT2D eigenvalue weighted by Crippen LogP contribution is -2.43. The van der Waals surface area contributed by atoms with Crippen LogP contribution < -0.4 is 10.2 Å². The summed E-state index contributed by atoms with van der Waals surface area (Å²) < 4.78 is 5.46. The number of nitrogens with one attached hydrogen (secondary N) is 1. The van der Waals surface area contributed by atoms with Crippen LogP contribution in [0.25, 0.3) is 0 Å². The molecule has 1 N–H and O–H groups in total. The van der Waals surface area contributed by atoms with Crippen molar-refractivity contribution in [2.24, 2.45) is 0 Å². The highest BCUT2D eigenvalue weighted by Gasteiger charge is 2.22. The fourth-order valence-corrected chi connectivity index (χ4v) is 3.11. The van der Waals surface area contributed by atoms with Crippen LogP contribution in [0.3, 0.4) is 0 Å². The Balaban J connectivity index is 2.10. The normalized spacial score (nSPS) is 20.9. The SMILES string of the molecule is CCNCc1sc(N2CCOCC2C)nc1C. The summed E-state index contributed by atoms with van der Waals surface area (Å²) in [6, 6.07) is 0.432. The second kappa shape index (κ2) is 5.80. The maximum absolute atomic E-state index is 5.46. The molecule has 0 radical (unpaired) electrons. The lowest BCUT2D eigenvalue weighted by atomic mass is 10.3. The van der Waals surface area contributed by atoms with E-state index in [-0.39, 0.29) is 0 Å². The largest absolute Gasteiger partial charge is 0.377 e. The van der Waals surface area contributed by atoms with Crippen LogP contribution in [0.5, 0.6) is 0 Å². The van der Waals surface area contributed by atoms with Crippen molar-refractivity contribution in [1.82, 2.24) is 10.3 Å². The van der Waals surface area contributed by atoms with Crippen molar-refractivity contribution in [2.75, 3.05) is 31.2 Å². The number of aryl methyl sites for hydroxylation is 1. The summed E-state index contributed by atoms with van der Waals surface area (Å²) in [5.74, 6) is 0. The zero-order chi connectivity index (χ0) is 12.3. The molecule has 17 heavy (non-hydrogen) atoms. The van der Waals surface area contributed by atoms with Crippen LogP contribution in [0.1, 0.15) is 24.4 Å². The molecular formula is C12H21N3OS. The fraction of sp³-hybridized carbons (Fsp3) is 0.750. The molecule has 1 aliphatic heterocycles. The Labute approximate surface area is 107 Å². The summed E-state index contributed by atoms with van der Waals surface area (Å²) in [4.78, 5) is 8.39. The first kappa shape index (κ1) is 12.8. The summed E-state index contributed by atoms with van der Waals surface area (Å²) in [5.41, 5.74) is 1.16. The lowest BCUT2D eigenvalue weighted by Gasteiger charge is -2.32. The molecule has 2 rings (SSSR count). The second-order valence-corrected chi connectivity index (χ2v) is 5.46. The number of anilines is 1. The quantitative estimate of drug-likeness (QED) is 0.890. The highest BCUT2D eigenvalue weighted by molar-refractivity contribution is 7.15. The minimum atomic E-state index is 0.432. The van der Waals surface area contributed by atoms with Gasteiger partial charge < -0.3 is 15.0 Å². The summed E-state index contributed by atoms with van der Waals surface area (Å²) in [7, 11) is 0. The number of morpholine rings is 1. The molecule has 1 atom stereocenters. The van der Waals surface area contributed by atoms with Crippen LogP contribution in [-0.2, 0) is 11.3 Å². The first-order valence-electron chi connectivity index (χ1n) is 6.23. The Hall–Kier alpha value is -0.650. The van der Waals surface area contributed by atoms with Crippen molar-refractivity contribution in [1.29, 1.82) is 0 Å². The van der Waals surface area contributed by atoms with E-state index >= 15 is 0 Å². The van der Waals surface area contributed by atoms with Crippen LogP contribution in [0.2, 0.25) is 0 Å². The smallest absolute Gasteiger partial charge is 0.186 e. The molecule has 1 fully saturated rings. The zero-order valence-electron chi connectivity index (χ0n) is 10.8.